The molecule has 14 heavy (non-hydrogen) atoms. The summed E-state index contributed by atoms with van der Waals surface area (Å²) in [4.78, 5) is 0.473. The Labute approximate surface area is 88.2 Å². The van der Waals surface area contributed by atoms with Gasteiger partial charge in [-0.2, -0.15) is 0 Å². The molecule has 0 atom stereocenters. The summed E-state index contributed by atoms with van der Waals surface area (Å²) < 4.78 is 13.4. The molecular weight excluding hydrogens is 199 g/mol. The Hall–Kier alpha value is -0.580. The average molecular weight is 214 g/mol. The summed E-state index contributed by atoms with van der Waals surface area (Å²) in [7, 11) is 1.85. The van der Waals surface area contributed by atoms with Crippen LogP contribution in [-0.2, 0) is 5.54 Å². The molecule has 1 rings (SSSR count). The third-order valence-corrected chi connectivity index (χ3v) is 2.99. The van der Waals surface area contributed by atoms with E-state index in [1.54, 1.807) is 6.07 Å². The van der Waals surface area contributed by atoms with Gasteiger partial charge in [-0.1, -0.05) is 6.07 Å². The zero-order valence-corrected chi connectivity index (χ0v) is 9.41. The molecular formula is C10H15FN2S. The van der Waals surface area contributed by atoms with Crippen molar-refractivity contribution in [1.29, 1.82) is 0 Å². The molecule has 0 aliphatic rings. The fourth-order valence-electron chi connectivity index (χ4n) is 1.13. The van der Waals surface area contributed by atoms with Crippen LogP contribution in [0.2, 0.25) is 0 Å². The van der Waals surface area contributed by atoms with Gasteiger partial charge >= 0.3 is 0 Å². The van der Waals surface area contributed by atoms with Gasteiger partial charge in [-0.25, -0.2) is 4.39 Å². The van der Waals surface area contributed by atoms with Gasteiger partial charge in [-0.05, 0) is 50.5 Å². The molecule has 4 heteroatoms. The van der Waals surface area contributed by atoms with E-state index in [2.05, 4.69) is 5.32 Å². The Morgan fingerprint density at radius 1 is 1.43 bits per heavy atom. The van der Waals surface area contributed by atoms with Crippen LogP contribution in [-0.4, -0.2) is 7.05 Å². The maximum atomic E-state index is 13.4. The van der Waals surface area contributed by atoms with Crippen LogP contribution in [0.4, 0.5) is 4.39 Å². The van der Waals surface area contributed by atoms with Gasteiger partial charge in [0.15, 0.2) is 0 Å². The number of benzene rings is 1. The number of nitrogens with two attached hydrogens (primary N) is 1. The van der Waals surface area contributed by atoms with Gasteiger partial charge in [-0.3, -0.25) is 5.14 Å². The molecule has 0 saturated heterocycles. The van der Waals surface area contributed by atoms with E-state index in [-0.39, 0.29) is 11.4 Å². The van der Waals surface area contributed by atoms with Gasteiger partial charge in [0.05, 0.1) is 4.90 Å². The van der Waals surface area contributed by atoms with Crippen molar-refractivity contribution >= 4 is 11.9 Å². The summed E-state index contributed by atoms with van der Waals surface area (Å²) in [6.45, 7) is 3.99. The summed E-state index contributed by atoms with van der Waals surface area (Å²) >= 11 is 0.927. The van der Waals surface area contributed by atoms with E-state index < -0.39 is 0 Å². The first-order valence-corrected chi connectivity index (χ1v) is 5.25. The zero-order chi connectivity index (χ0) is 10.8. The smallest absolute Gasteiger partial charge is 0.138 e. The number of hydrogen-bond acceptors (Lipinski definition) is 3. The van der Waals surface area contributed by atoms with E-state index in [0.29, 0.717) is 4.90 Å². The van der Waals surface area contributed by atoms with E-state index in [1.165, 1.54) is 6.07 Å². The molecule has 0 heterocycles. The summed E-state index contributed by atoms with van der Waals surface area (Å²) in [5.41, 5.74) is 0.689. The highest BCUT2D eigenvalue weighted by Gasteiger charge is 2.18. The van der Waals surface area contributed by atoms with Gasteiger partial charge in [-0.15, -0.1) is 0 Å². The summed E-state index contributed by atoms with van der Waals surface area (Å²) in [6.07, 6.45) is 0. The van der Waals surface area contributed by atoms with Crippen LogP contribution in [0.15, 0.2) is 23.1 Å². The minimum Gasteiger partial charge on any atom is -0.311 e. The first-order valence-electron chi connectivity index (χ1n) is 4.37. The summed E-state index contributed by atoms with van der Waals surface area (Å²) in [5.74, 6) is -0.265. The second-order valence-electron chi connectivity index (χ2n) is 3.64. The van der Waals surface area contributed by atoms with Crippen LogP contribution in [0.1, 0.15) is 19.4 Å². The maximum Gasteiger partial charge on any atom is 0.138 e. The molecule has 78 valence electrons. The van der Waals surface area contributed by atoms with Crippen molar-refractivity contribution in [3.05, 3.63) is 29.6 Å². The second-order valence-corrected chi connectivity index (χ2v) is 4.31. The molecule has 3 N–H and O–H groups in total. The van der Waals surface area contributed by atoms with Crippen molar-refractivity contribution in [2.75, 3.05) is 7.05 Å². The van der Waals surface area contributed by atoms with Crippen LogP contribution in [0, 0.1) is 5.82 Å². The third kappa shape index (κ3) is 2.26. The fraction of sp³-hybridized carbons (Fsp3) is 0.400. The van der Waals surface area contributed by atoms with E-state index in [4.69, 9.17) is 5.14 Å². The monoisotopic (exact) mass is 214 g/mol. The largest absolute Gasteiger partial charge is 0.311 e. The zero-order valence-electron chi connectivity index (χ0n) is 8.60. The average Bonchev–Trinajstić information content (AvgIpc) is 2.17. The molecule has 0 unspecified atom stereocenters. The molecule has 0 fully saturated rings. The van der Waals surface area contributed by atoms with Crippen molar-refractivity contribution in [2.24, 2.45) is 5.14 Å². The molecule has 0 spiro atoms. The standard InChI is InChI=1S/C10H15FN2S/c1-10(2,13-3)7-4-5-9(14-12)8(11)6-7/h4-6,13H,12H2,1-3H3. The summed E-state index contributed by atoms with van der Waals surface area (Å²) in [5, 5.41) is 8.42. The highest BCUT2D eigenvalue weighted by molar-refractivity contribution is 7.97. The highest BCUT2D eigenvalue weighted by Crippen LogP contribution is 2.24. The van der Waals surface area contributed by atoms with Crippen molar-refractivity contribution in [3.8, 4) is 0 Å². The van der Waals surface area contributed by atoms with E-state index in [1.807, 2.05) is 27.0 Å². The van der Waals surface area contributed by atoms with Crippen molar-refractivity contribution in [2.45, 2.75) is 24.3 Å². The lowest BCUT2D eigenvalue weighted by Gasteiger charge is -2.24. The van der Waals surface area contributed by atoms with E-state index >= 15 is 0 Å². The Balaban J connectivity index is 3.08. The van der Waals surface area contributed by atoms with E-state index in [0.717, 1.165) is 17.5 Å². The quantitative estimate of drug-likeness (QED) is 0.758. The number of halogens is 1. The minimum atomic E-state index is -0.265. The minimum absolute atomic E-state index is 0.224. The molecule has 0 aliphatic carbocycles. The SMILES string of the molecule is CNC(C)(C)c1ccc(SN)c(F)c1. The van der Waals surface area contributed by atoms with E-state index in [9.17, 15) is 4.39 Å². The molecule has 1 aromatic rings. The molecule has 0 aromatic heterocycles. The third-order valence-electron chi connectivity index (χ3n) is 2.41. The van der Waals surface area contributed by atoms with Gasteiger partial charge in [0.2, 0.25) is 0 Å². The van der Waals surface area contributed by atoms with Crippen LogP contribution >= 0.6 is 11.9 Å². The van der Waals surface area contributed by atoms with Crippen molar-refractivity contribution in [3.63, 3.8) is 0 Å². The number of rotatable bonds is 3. The predicted octanol–water partition coefficient (Wildman–Crippen LogP) is 2.25. The first-order chi connectivity index (χ1) is 6.51. The summed E-state index contributed by atoms with van der Waals surface area (Å²) in [6, 6.07) is 5.11. The molecule has 0 saturated carbocycles. The predicted molar refractivity (Wildman–Crippen MR) is 58.5 cm³/mol. The van der Waals surface area contributed by atoms with Gasteiger partial charge in [0.25, 0.3) is 0 Å². The molecule has 2 nitrogen and oxygen atoms in total. The lowest BCUT2D eigenvalue weighted by molar-refractivity contribution is 0.440. The Bertz CT molecular complexity index is 326. The van der Waals surface area contributed by atoms with Crippen LogP contribution < -0.4 is 10.5 Å². The Kier molecular flexibility index (Phi) is 3.53. The molecule has 0 amide bonds. The van der Waals surface area contributed by atoms with Crippen molar-refractivity contribution in [1.82, 2.24) is 5.32 Å². The lowest BCUT2D eigenvalue weighted by atomic mass is 9.95. The number of hydrogen-bond donors (Lipinski definition) is 2. The Morgan fingerprint density at radius 3 is 2.50 bits per heavy atom. The lowest BCUT2D eigenvalue weighted by Crippen LogP contribution is -2.33. The normalized spacial score (nSPS) is 11.8. The first kappa shape index (κ1) is 11.5. The van der Waals surface area contributed by atoms with Crippen LogP contribution in [0.5, 0.6) is 0 Å². The Morgan fingerprint density at radius 2 is 2.07 bits per heavy atom. The van der Waals surface area contributed by atoms with Gasteiger partial charge in [0.1, 0.15) is 5.82 Å². The topological polar surface area (TPSA) is 38.0 Å². The molecule has 0 bridgehead atoms. The molecule has 0 radical (unpaired) electrons. The number of nitrogens with one attached hydrogen (secondary N) is 1. The van der Waals surface area contributed by atoms with Gasteiger partial charge < -0.3 is 5.32 Å². The second kappa shape index (κ2) is 4.29. The van der Waals surface area contributed by atoms with Gasteiger partial charge in [0, 0.05) is 5.54 Å². The maximum absolute atomic E-state index is 13.4. The molecule has 0 aliphatic heterocycles. The molecule has 1 aromatic carbocycles. The van der Waals surface area contributed by atoms with Crippen LogP contribution in [0.25, 0.3) is 0 Å². The van der Waals surface area contributed by atoms with Crippen LogP contribution in [0.3, 0.4) is 0 Å². The highest BCUT2D eigenvalue weighted by atomic mass is 32.2. The van der Waals surface area contributed by atoms with Crippen molar-refractivity contribution < 1.29 is 4.39 Å². The fourth-order valence-corrected chi connectivity index (χ4v) is 1.45.